The smallest absolute Gasteiger partial charge is 0.0871 e. The van der Waals surface area contributed by atoms with E-state index in [-0.39, 0.29) is 0 Å². The van der Waals surface area contributed by atoms with Crippen molar-refractivity contribution in [3.63, 3.8) is 0 Å². The van der Waals surface area contributed by atoms with Gasteiger partial charge < -0.3 is 11.1 Å². The molecule has 0 fully saturated rings. The second-order valence-electron chi connectivity index (χ2n) is 4.74. The SMILES string of the molecule is C/C=C1/C=C(C)C=C(NC(C)CCCN)C1=NC.CC. The van der Waals surface area contributed by atoms with Crippen LogP contribution in [0.5, 0.6) is 0 Å². The fourth-order valence-corrected chi connectivity index (χ4v) is 2.15. The Balaban J connectivity index is 0.00000172. The summed E-state index contributed by atoms with van der Waals surface area (Å²) in [5, 5.41) is 3.54. The van der Waals surface area contributed by atoms with Gasteiger partial charge in [0.05, 0.1) is 11.4 Å². The Bertz CT molecular complexity index is 400. The zero-order valence-electron chi connectivity index (χ0n) is 14.0. The molecule has 1 aliphatic carbocycles. The van der Waals surface area contributed by atoms with Gasteiger partial charge >= 0.3 is 0 Å². The molecular weight excluding hydrogens is 246 g/mol. The first-order valence-corrected chi connectivity index (χ1v) is 7.62. The molecular formula is C17H31N3. The van der Waals surface area contributed by atoms with Crippen LogP contribution in [0.2, 0.25) is 0 Å². The summed E-state index contributed by atoms with van der Waals surface area (Å²) in [6, 6.07) is 0.417. The molecule has 3 N–H and O–H groups in total. The van der Waals surface area contributed by atoms with Crippen molar-refractivity contribution >= 4 is 5.71 Å². The number of nitrogens with one attached hydrogen (secondary N) is 1. The number of rotatable bonds is 5. The Hall–Kier alpha value is -1.35. The van der Waals surface area contributed by atoms with E-state index in [0.29, 0.717) is 6.04 Å². The highest BCUT2D eigenvalue weighted by atomic mass is 14.9. The molecule has 0 radical (unpaired) electrons. The van der Waals surface area contributed by atoms with E-state index in [4.69, 9.17) is 5.73 Å². The fraction of sp³-hybridized carbons (Fsp3) is 0.588. The topological polar surface area (TPSA) is 50.4 Å². The maximum Gasteiger partial charge on any atom is 0.0871 e. The number of nitrogens with zero attached hydrogens (tertiary/aromatic N) is 1. The van der Waals surface area contributed by atoms with Gasteiger partial charge in [0.1, 0.15) is 0 Å². The highest BCUT2D eigenvalue weighted by Gasteiger charge is 2.16. The van der Waals surface area contributed by atoms with Crippen molar-refractivity contribution < 1.29 is 0 Å². The van der Waals surface area contributed by atoms with E-state index in [9.17, 15) is 0 Å². The molecule has 3 heteroatoms. The first-order chi connectivity index (χ1) is 9.62. The van der Waals surface area contributed by atoms with Gasteiger partial charge in [0.2, 0.25) is 0 Å². The molecule has 0 aromatic carbocycles. The molecule has 1 atom stereocenters. The van der Waals surface area contributed by atoms with E-state index in [1.807, 2.05) is 27.8 Å². The Labute approximate surface area is 124 Å². The largest absolute Gasteiger partial charge is 0.381 e. The molecule has 0 saturated heterocycles. The minimum Gasteiger partial charge on any atom is -0.381 e. The lowest BCUT2D eigenvalue weighted by molar-refractivity contribution is 0.557. The summed E-state index contributed by atoms with van der Waals surface area (Å²) in [5.74, 6) is 0. The third kappa shape index (κ3) is 5.74. The number of nitrogens with two attached hydrogens (primary N) is 1. The van der Waals surface area contributed by atoms with Crippen molar-refractivity contribution in [3.05, 3.63) is 35.1 Å². The molecule has 0 spiro atoms. The minimum atomic E-state index is 0.417. The lowest BCUT2D eigenvalue weighted by Gasteiger charge is -2.22. The normalized spacial score (nSPS) is 19.9. The number of hydrogen-bond acceptors (Lipinski definition) is 3. The quantitative estimate of drug-likeness (QED) is 0.807. The van der Waals surface area contributed by atoms with E-state index in [1.165, 1.54) is 11.1 Å². The van der Waals surface area contributed by atoms with Gasteiger partial charge in [-0.25, -0.2) is 0 Å². The third-order valence-electron chi connectivity index (χ3n) is 3.06. The van der Waals surface area contributed by atoms with Gasteiger partial charge in [-0.05, 0) is 57.4 Å². The molecule has 1 unspecified atom stereocenters. The van der Waals surface area contributed by atoms with Gasteiger partial charge in [0, 0.05) is 13.1 Å². The molecule has 0 heterocycles. The van der Waals surface area contributed by atoms with Crippen molar-refractivity contribution in [3.8, 4) is 0 Å². The first-order valence-electron chi connectivity index (χ1n) is 7.62. The summed E-state index contributed by atoms with van der Waals surface area (Å²) in [5.41, 5.74) is 10.1. The van der Waals surface area contributed by atoms with Gasteiger partial charge in [-0.3, -0.25) is 4.99 Å². The maximum atomic E-state index is 5.54. The molecule has 20 heavy (non-hydrogen) atoms. The van der Waals surface area contributed by atoms with Crippen LogP contribution in [0.25, 0.3) is 0 Å². The summed E-state index contributed by atoms with van der Waals surface area (Å²) in [6.07, 6.45) is 8.56. The number of hydrogen-bond donors (Lipinski definition) is 2. The van der Waals surface area contributed by atoms with Crippen LogP contribution in [-0.4, -0.2) is 25.3 Å². The summed E-state index contributed by atoms with van der Waals surface area (Å²) in [4.78, 5) is 4.40. The van der Waals surface area contributed by atoms with Crippen LogP contribution in [0.3, 0.4) is 0 Å². The van der Waals surface area contributed by atoms with Gasteiger partial charge in [-0.1, -0.05) is 26.0 Å². The molecule has 0 aromatic rings. The van der Waals surface area contributed by atoms with Crippen molar-refractivity contribution in [2.45, 2.75) is 53.5 Å². The number of aliphatic imine (C=N–C) groups is 1. The average molecular weight is 277 g/mol. The third-order valence-corrected chi connectivity index (χ3v) is 3.06. The Morgan fingerprint density at radius 1 is 1.35 bits per heavy atom. The Morgan fingerprint density at radius 2 is 2.00 bits per heavy atom. The Kier molecular flexibility index (Phi) is 9.73. The van der Waals surface area contributed by atoms with Crippen LogP contribution >= 0.6 is 0 Å². The van der Waals surface area contributed by atoms with Crippen LogP contribution in [0.4, 0.5) is 0 Å². The van der Waals surface area contributed by atoms with Crippen LogP contribution in [0.1, 0.15) is 47.5 Å². The van der Waals surface area contributed by atoms with E-state index in [1.54, 1.807) is 0 Å². The second-order valence-corrected chi connectivity index (χ2v) is 4.74. The predicted octanol–water partition coefficient (Wildman–Crippen LogP) is 3.59. The fourth-order valence-electron chi connectivity index (χ4n) is 2.15. The zero-order chi connectivity index (χ0) is 15.5. The molecule has 0 aliphatic heterocycles. The molecule has 1 aliphatic rings. The molecule has 1 rings (SSSR count). The molecule has 0 aromatic heterocycles. The van der Waals surface area contributed by atoms with E-state index in [2.05, 4.69) is 42.4 Å². The maximum absolute atomic E-state index is 5.54. The van der Waals surface area contributed by atoms with Crippen molar-refractivity contribution in [1.29, 1.82) is 0 Å². The predicted molar refractivity (Wildman–Crippen MR) is 91.2 cm³/mol. The van der Waals surface area contributed by atoms with E-state index < -0.39 is 0 Å². The van der Waals surface area contributed by atoms with E-state index >= 15 is 0 Å². The summed E-state index contributed by atoms with van der Waals surface area (Å²) < 4.78 is 0. The average Bonchev–Trinajstić information content (AvgIpc) is 2.46. The monoisotopic (exact) mass is 277 g/mol. The van der Waals surface area contributed by atoms with Crippen LogP contribution in [0, 0.1) is 0 Å². The summed E-state index contributed by atoms with van der Waals surface area (Å²) >= 11 is 0. The number of allylic oxidation sites excluding steroid dienone is 5. The highest BCUT2D eigenvalue weighted by Crippen LogP contribution is 2.19. The summed E-state index contributed by atoms with van der Waals surface area (Å²) in [7, 11) is 1.84. The molecule has 0 bridgehead atoms. The Morgan fingerprint density at radius 3 is 2.50 bits per heavy atom. The van der Waals surface area contributed by atoms with E-state index in [0.717, 1.165) is 30.8 Å². The standard InChI is InChI=1S/C15H25N3.C2H6/c1-5-13-9-11(2)10-14(15(13)17-4)18-12(3)7-6-8-16;1-2/h5,9-10,12,18H,6-8,16H2,1-4H3;1-2H3/b13-5-,17-15?;. The van der Waals surface area contributed by atoms with Gasteiger partial charge in [0.15, 0.2) is 0 Å². The molecule has 3 nitrogen and oxygen atoms in total. The second kappa shape index (κ2) is 10.4. The highest BCUT2D eigenvalue weighted by molar-refractivity contribution is 6.15. The van der Waals surface area contributed by atoms with Crippen molar-refractivity contribution in [2.75, 3.05) is 13.6 Å². The molecule has 0 amide bonds. The van der Waals surface area contributed by atoms with Crippen molar-refractivity contribution in [1.82, 2.24) is 5.32 Å². The van der Waals surface area contributed by atoms with Crippen LogP contribution in [-0.2, 0) is 0 Å². The van der Waals surface area contributed by atoms with Crippen molar-refractivity contribution in [2.24, 2.45) is 10.7 Å². The zero-order valence-corrected chi connectivity index (χ0v) is 14.0. The van der Waals surface area contributed by atoms with Gasteiger partial charge in [0.25, 0.3) is 0 Å². The van der Waals surface area contributed by atoms with Crippen LogP contribution in [0.15, 0.2) is 40.1 Å². The van der Waals surface area contributed by atoms with Gasteiger partial charge in [-0.15, -0.1) is 0 Å². The first kappa shape index (κ1) is 18.7. The molecule has 114 valence electrons. The minimum absolute atomic E-state index is 0.417. The molecule has 0 saturated carbocycles. The van der Waals surface area contributed by atoms with Gasteiger partial charge in [-0.2, -0.15) is 0 Å². The van der Waals surface area contributed by atoms with Crippen LogP contribution < -0.4 is 11.1 Å². The lowest BCUT2D eigenvalue weighted by Crippen LogP contribution is -2.31. The lowest BCUT2D eigenvalue weighted by atomic mass is 9.96. The summed E-state index contributed by atoms with van der Waals surface area (Å²) in [6.45, 7) is 11.1.